The zero-order valence-electron chi connectivity index (χ0n) is 11.3. The van der Waals surface area contributed by atoms with Crippen LogP contribution in [0.5, 0.6) is 0 Å². The van der Waals surface area contributed by atoms with E-state index in [1.54, 1.807) is 12.1 Å². The third kappa shape index (κ3) is 3.69. The molecule has 1 aromatic carbocycles. The summed E-state index contributed by atoms with van der Waals surface area (Å²) in [4.78, 5) is 13.3. The van der Waals surface area contributed by atoms with E-state index >= 15 is 0 Å². The van der Waals surface area contributed by atoms with Crippen LogP contribution in [0.15, 0.2) is 24.3 Å². The van der Waals surface area contributed by atoms with E-state index < -0.39 is 0 Å². The van der Waals surface area contributed by atoms with Gasteiger partial charge < -0.3 is 4.74 Å². The van der Waals surface area contributed by atoms with Crippen molar-refractivity contribution >= 4 is 11.8 Å². The van der Waals surface area contributed by atoms with Crippen molar-refractivity contribution in [2.75, 3.05) is 11.4 Å². The molecule has 1 saturated heterocycles. The molecular formula is C15H20FNO2. The van der Waals surface area contributed by atoms with Gasteiger partial charge in [0.15, 0.2) is 0 Å². The van der Waals surface area contributed by atoms with Crippen molar-refractivity contribution in [3.05, 3.63) is 30.1 Å². The van der Waals surface area contributed by atoms with Crippen molar-refractivity contribution in [1.29, 1.82) is 0 Å². The van der Waals surface area contributed by atoms with Gasteiger partial charge in [-0.15, -0.1) is 0 Å². The maximum atomic E-state index is 13.2. The Labute approximate surface area is 113 Å². The summed E-state index contributed by atoms with van der Waals surface area (Å²) in [6.07, 6.45) is 5.11. The molecule has 3 nitrogen and oxygen atoms in total. The van der Waals surface area contributed by atoms with Crippen LogP contribution in [-0.4, -0.2) is 18.7 Å². The molecule has 1 aromatic rings. The first-order chi connectivity index (χ1) is 9.20. The van der Waals surface area contributed by atoms with Crippen molar-refractivity contribution in [2.24, 2.45) is 0 Å². The molecule has 0 saturated carbocycles. The molecule has 19 heavy (non-hydrogen) atoms. The van der Waals surface area contributed by atoms with Crippen molar-refractivity contribution in [3.8, 4) is 0 Å². The molecular weight excluding hydrogens is 245 g/mol. The van der Waals surface area contributed by atoms with Gasteiger partial charge in [-0.3, -0.25) is 4.90 Å². The third-order valence-corrected chi connectivity index (χ3v) is 3.37. The lowest BCUT2D eigenvalue weighted by Gasteiger charge is -2.12. The molecule has 0 aromatic heterocycles. The Morgan fingerprint density at radius 2 is 2.21 bits per heavy atom. The topological polar surface area (TPSA) is 29.5 Å². The van der Waals surface area contributed by atoms with Gasteiger partial charge in [0.1, 0.15) is 11.9 Å². The molecule has 0 aliphatic carbocycles. The number of cyclic esters (lactones) is 1. The van der Waals surface area contributed by atoms with Crippen molar-refractivity contribution in [1.82, 2.24) is 0 Å². The minimum Gasteiger partial charge on any atom is -0.444 e. The highest BCUT2D eigenvalue weighted by atomic mass is 19.1. The smallest absolute Gasteiger partial charge is 0.414 e. The Kier molecular flexibility index (Phi) is 4.77. The van der Waals surface area contributed by atoms with E-state index in [9.17, 15) is 9.18 Å². The van der Waals surface area contributed by atoms with Crippen LogP contribution in [0.1, 0.15) is 39.0 Å². The van der Waals surface area contributed by atoms with Gasteiger partial charge >= 0.3 is 6.09 Å². The van der Waals surface area contributed by atoms with E-state index in [1.165, 1.54) is 36.3 Å². The highest BCUT2D eigenvalue weighted by Gasteiger charge is 2.31. The monoisotopic (exact) mass is 265 g/mol. The number of rotatable bonds is 6. The molecule has 1 heterocycles. The maximum Gasteiger partial charge on any atom is 0.414 e. The first-order valence-corrected chi connectivity index (χ1v) is 6.94. The Morgan fingerprint density at radius 1 is 1.37 bits per heavy atom. The Bertz CT molecular complexity index is 436. The number of hydrogen-bond donors (Lipinski definition) is 0. The van der Waals surface area contributed by atoms with Gasteiger partial charge in [0, 0.05) is 0 Å². The van der Waals surface area contributed by atoms with Crippen molar-refractivity contribution < 1.29 is 13.9 Å². The minimum atomic E-state index is -0.369. The number of unbranched alkanes of at least 4 members (excludes halogenated alkanes) is 3. The van der Waals surface area contributed by atoms with Crippen LogP contribution in [0.3, 0.4) is 0 Å². The molecule has 1 aliphatic heterocycles. The number of ether oxygens (including phenoxy) is 1. The fourth-order valence-corrected chi connectivity index (χ4v) is 2.33. The van der Waals surface area contributed by atoms with Gasteiger partial charge in [-0.2, -0.15) is 0 Å². The van der Waals surface area contributed by atoms with Gasteiger partial charge in [-0.25, -0.2) is 9.18 Å². The number of anilines is 1. The van der Waals surface area contributed by atoms with Crippen LogP contribution in [0.25, 0.3) is 0 Å². The summed E-state index contributed by atoms with van der Waals surface area (Å²) in [7, 11) is 0. The second-order valence-corrected chi connectivity index (χ2v) is 4.95. The molecule has 0 N–H and O–H groups in total. The second kappa shape index (κ2) is 6.55. The van der Waals surface area contributed by atoms with Gasteiger partial charge in [-0.05, 0) is 31.0 Å². The number of amides is 1. The van der Waals surface area contributed by atoms with Crippen LogP contribution in [-0.2, 0) is 4.74 Å². The number of benzene rings is 1. The van der Waals surface area contributed by atoms with E-state index in [2.05, 4.69) is 6.92 Å². The Hall–Kier alpha value is -1.58. The molecule has 1 aliphatic rings. The van der Waals surface area contributed by atoms with Crippen molar-refractivity contribution in [3.63, 3.8) is 0 Å². The van der Waals surface area contributed by atoms with E-state index in [0.717, 1.165) is 12.8 Å². The van der Waals surface area contributed by atoms with Crippen LogP contribution in [0.4, 0.5) is 14.9 Å². The number of nitrogens with zero attached hydrogens (tertiary/aromatic N) is 1. The first kappa shape index (κ1) is 13.8. The van der Waals surface area contributed by atoms with E-state index in [4.69, 9.17) is 4.74 Å². The molecule has 2 rings (SSSR count). The van der Waals surface area contributed by atoms with Gasteiger partial charge in [0.05, 0.1) is 12.2 Å². The highest BCUT2D eigenvalue weighted by molar-refractivity contribution is 5.89. The molecule has 1 unspecified atom stereocenters. The molecule has 0 radical (unpaired) electrons. The molecule has 0 bridgehead atoms. The lowest BCUT2D eigenvalue weighted by atomic mass is 10.1. The van der Waals surface area contributed by atoms with E-state index in [1.807, 2.05) is 0 Å². The predicted octanol–water partition coefficient (Wildman–Crippen LogP) is 4.12. The van der Waals surface area contributed by atoms with Crippen LogP contribution in [0.2, 0.25) is 0 Å². The van der Waals surface area contributed by atoms with Gasteiger partial charge in [0.25, 0.3) is 0 Å². The van der Waals surface area contributed by atoms with Gasteiger partial charge in [0.2, 0.25) is 0 Å². The summed E-state index contributed by atoms with van der Waals surface area (Å²) < 4.78 is 18.5. The summed E-state index contributed by atoms with van der Waals surface area (Å²) in [5.41, 5.74) is 0.570. The second-order valence-electron chi connectivity index (χ2n) is 4.95. The first-order valence-electron chi connectivity index (χ1n) is 6.94. The lowest BCUT2D eigenvalue weighted by molar-refractivity contribution is 0.135. The minimum absolute atomic E-state index is 0.0624. The largest absolute Gasteiger partial charge is 0.444 e. The SMILES string of the molecule is CCCCCCC1CN(c2cccc(F)c2)C(=O)O1. The summed E-state index contributed by atoms with van der Waals surface area (Å²) >= 11 is 0. The molecule has 104 valence electrons. The molecule has 0 spiro atoms. The molecule has 1 fully saturated rings. The molecule has 1 amide bonds. The number of hydrogen-bond acceptors (Lipinski definition) is 2. The Morgan fingerprint density at radius 3 is 2.95 bits per heavy atom. The fourth-order valence-electron chi connectivity index (χ4n) is 2.33. The van der Waals surface area contributed by atoms with E-state index in [-0.39, 0.29) is 18.0 Å². The third-order valence-electron chi connectivity index (χ3n) is 3.37. The van der Waals surface area contributed by atoms with E-state index in [0.29, 0.717) is 12.2 Å². The predicted molar refractivity (Wildman–Crippen MR) is 72.8 cm³/mol. The maximum absolute atomic E-state index is 13.2. The zero-order chi connectivity index (χ0) is 13.7. The molecule has 4 heteroatoms. The average molecular weight is 265 g/mol. The van der Waals surface area contributed by atoms with Crippen LogP contribution >= 0.6 is 0 Å². The number of carbonyl (C=O) groups excluding carboxylic acids is 1. The summed E-state index contributed by atoms with van der Waals surface area (Å²) in [6, 6.07) is 6.06. The normalized spacial score (nSPS) is 18.7. The van der Waals surface area contributed by atoms with Crippen LogP contribution < -0.4 is 4.90 Å². The standard InChI is InChI=1S/C15H20FNO2/c1-2-3-4-5-9-14-11-17(15(18)19-14)13-8-6-7-12(16)10-13/h6-8,10,14H,2-5,9,11H2,1H3. The highest BCUT2D eigenvalue weighted by Crippen LogP contribution is 2.24. The fraction of sp³-hybridized carbons (Fsp3) is 0.533. The molecule has 1 atom stereocenters. The summed E-state index contributed by atoms with van der Waals surface area (Å²) in [6.45, 7) is 2.69. The summed E-state index contributed by atoms with van der Waals surface area (Å²) in [5, 5.41) is 0. The van der Waals surface area contributed by atoms with Gasteiger partial charge in [-0.1, -0.05) is 32.3 Å². The Balaban J connectivity index is 1.89. The quantitative estimate of drug-likeness (QED) is 0.724. The number of carbonyl (C=O) groups is 1. The number of halogens is 1. The average Bonchev–Trinajstić information content (AvgIpc) is 2.76. The zero-order valence-corrected chi connectivity index (χ0v) is 11.3. The lowest BCUT2D eigenvalue weighted by Crippen LogP contribution is -2.24. The van der Waals surface area contributed by atoms with Crippen molar-refractivity contribution in [2.45, 2.75) is 45.1 Å². The summed E-state index contributed by atoms with van der Waals surface area (Å²) in [5.74, 6) is -0.336. The van der Waals surface area contributed by atoms with Crippen LogP contribution in [0, 0.1) is 5.82 Å².